The van der Waals surface area contributed by atoms with Crippen LogP contribution in [0.15, 0.2) is 18.2 Å². The molecule has 2 N–H and O–H groups in total. The molecule has 20 heavy (non-hydrogen) atoms. The van der Waals surface area contributed by atoms with Crippen LogP contribution in [0.1, 0.15) is 32.6 Å². The minimum atomic E-state index is 0.419. The Bertz CT molecular complexity index is 395. The lowest BCUT2D eigenvalue weighted by molar-refractivity contribution is 0.371. The summed E-state index contributed by atoms with van der Waals surface area (Å²) in [6, 6.07) is 6.96. The first-order valence-corrected chi connectivity index (χ1v) is 7.44. The molecule has 0 amide bonds. The Morgan fingerprint density at radius 2 is 1.90 bits per heavy atom. The molecular weight excluding hydrogens is 252 g/mol. The molecule has 0 saturated carbocycles. The van der Waals surface area contributed by atoms with Crippen LogP contribution in [0.5, 0.6) is 11.5 Å². The lowest BCUT2D eigenvalue weighted by Gasteiger charge is -2.27. The van der Waals surface area contributed by atoms with Crippen LogP contribution in [-0.4, -0.2) is 32.8 Å². The fourth-order valence-electron chi connectivity index (χ4n) is 2.79. The first kappa shape index (κ1) is 15.0. The SMILES string of the molecule is COc1cc(NC(C)CC2CCCCN2)cc(OC)c1. The molecule has 2 atom stereocenters. The molecule has 4 heteroatoms. The van der Waals surface area contributed by atoms with Crippen LogP contribution in [-0.2, 0) is 0 Å². The third kappa shape index (κ3) is 4.30. The molecule has 0 spiro atoms. The summed E-state index contributed by atoms with van der Waals surface area (Å²) < 4.78 is 10.6. The van der Waals surface area contributed by atoms with Crippen molar-refractivity contribution in [1.29, 1.82) is 0 Å². The van der Waals surface area contributed by atoms with Gasteiger partial charge in [0.15, 0.2) is 0 Å². The first-order valence-electron chi connectivity index (χ1n) is 7.44. The van der Waals surface area contributed by atoms with E-state index in [0.29, 0.717) is 12.1 Å². The maximum Gasteiger partial charge on any atom is 0.124 e. The molecule has 112 valence electrons. The molecule has 1 aliphatic heterocycles. The molecule has 2 rings (SSSR count). The molecule has 0 radical (unpaired) electrons. The van der Waals surface area contributed by atoms with Gasteiger partial charge >= 0.3 is 0 Å². The van der Waals surface area contributed by atoms with Gasteiger partial charge in [0.05, 0.1) is 14.2 Å². The smallest absolute Gasteiger partial charge is 0.124 e. The van der Waals surface area contributed by atoms with Crippen LogP contribution in [0.2, 0.25) is 0 Å². The molecule has 1 aliphatic rings. The summed E-state index contributed by atoms with van der Waals surface area (Å²) in [6.45, 7) is 3.38. The van der Waals surface area contributed by atoms with Gasteiger partial charge in [-0.05, 0) is 32.7 Å². The maximum absolute atomic E-state index is 5.30. The molecule has 4 nitrogen and oxygen atoms in total. The molecule has 0 bridgehead atoms. The van der Waals surface area contributed by atoms with Gasteiger partial charge in [0, 0.05) is 36.0 Å². The van der Waals surface area contributed by atoms with Gasteiger partial charge in [-0.2, -0.15) is 0 Å². The van der Waals surface area contributed by atoms with E-state index in [1.807, 2.05) is 18.2 Å². The Balaban J connectivity index is 1.93. The third-order valence-corrected chi connectivity index (χ3v) is 3.81. The number of hydrogen-bond acceptors (Lipinski definition) is 4. The third-order valence-electron chi connectivity index (χ3n) is 3.81. The summed E-state index contributed by atoms with van der Waals surface area (Å²) >= 11 is 0. The van der Waals surface area contributed by atoms with E-state index in [0.717, 1.165) is 30.2 Å². The van der Waals surface area contributed by atoms with Crippen molar-refractivity contribution in [3.05, 3.63) is 18.2 Å². The normalized spacial score (nSPS) is 20.2. The van der Waals surface area contributed by atoms with Crippen LogP contribution in [0.3, 0.4) is 0 Å². The molecule has 2 unspecified atom stereocenters. The second kappa shape index (κ2) is 7.39. The van der Waals surface area contributed by atoms with Gasteiger partial charge in [-0.1, -0.05) is 6.42 Å². The number of ether oxygens (including phenoxy) is 2. The van der Waals surface area contributed by atoms with Crippen molar-refractivity contribution in [2.75, 3.05) is 26.1 Å². The average molecular weight is 278 g/mol. The van der Waals surface area contributed by atoms with Crippen molar-refractivity contribution in [3.8, 4) is 11.5 Å². The molecule has 1 aromatic carbocycles. The fourth-order valence-corrected chi connectivity index (χ4v) is 2.79. The predicted molar refractivity (Wildman–Crippen MR) is 82.9 cm³/mol. The average Bonchev–Trinajstić information content (AvgIpc) is 2.47. The van der Waals surface area contributed by atoms with Gasteiger partial charge in [-0.3, -0.25) is 0 Å². The van der Waals surface area contributed by atoms with Crippen LogP contribution in [0, 0.1) is 0 Å². The standard InChI is InChI=1S/C16H26N2O2/c1-12(8-13-6-4-5-7-17-13)18-14-9-15(19-2)11-16(10-14)20-3/h9-13,17-18H,4-8H2,1-3H3. The van der Waals surface area contributed by atoms with Crippen molar-refractivity contribution in [2.24, 2.45) is 0 Å². The minimum Gasteiger partial charge on any atom is -0.497 e. The lowest BCUT2D eigenvalue weighted by atomic mass is 9.98. The molecule has 1 aromatic rings. The molecule has 0 aromatic heterocycles. The monoisotopic (exact) mass is 278 g/mol. The summed E-state index contributed by atoms with van der Waals surface area (Å²) in [6.07, 6.45) is 5.08. The van der Waals surface area contributed by atoms with Crippen LogP contribution in [0.25, 0.3) is 0 Å². The van der Waals surface area contributed by atoms with E-state index < -0.39 is 0 Å². The highest BCUT2D eigenvalue weighted by Gasteiger charge is 2.16. The maximum atomic E-state index is 5.30. The van der Waals surface area contributed by atoms with Crippen molar-refractivity contribution in [2.45, 2.75) is 44.7 Å². The molecule has 1 saturated heterocycles. The second-order valence-corrected chi connectivity index (χ2v) is 5.53. The summed E-state index contributed by atoms with van der Waals surface area (Å²) in [4.78, 5) is 0. The zero-order valence-corrected chi connectivity index (χ0v) is 12.7. The molecule has 1 heterocycles. The summed E-state index contributed by atoms with van der Waals surface area (Å²) in [5.41, 5.74) is 1.05. The van der Waals surface area contributed by atoms with E-state index in [1.165, 1.54) is 19.3 Å². The van der Waals surface area contributed by atoms with Gasteiger partial charge < -0.3 is 20.1 Å². The van der Waals surface area contributed by atoms with Gasteiger partial charge in [0.25, 0.3) is 0 Å². The first-order chi connectivity index (χ1) is 9.71. The summed E-state index contributed by atoms with van der Waals surface area (Å²) in [5.74, 6) is 1.63. The van der Waals surface area contributed by atoms with E-state index in [-0.39, 0.29) is 0 Å². The quantitative estimate of drug-likeness (QED) is 0.839. The largest absolute Gasteiger partial charge is 0.497 e. The van der Waals surface area contributed by atoms with Crippen molar-refractivity contribution < 1.29 is 9.47 Å². The minimum absolute atomic E-state index is 0.419. The highest BCUT2D eigenvalue weighted by atomic mass is 16.5. The van der Waals surface area contributed by atoms with E-state index in [1.54, 1.807) is 14.2 Å². The van der Waals surface area contributed by atoms with Crippen molar-refractivity contribution >= 4 is 5.69 Å². The zero-order valence-electron chi connectivity index (χ0n) is 12.7. The highest BCUT2D eigenvalue weighted by molar-refractivity contribution is 5.54. The van der Waals surface area contributed by atoms with Crippen LogP contribution in [0.4, 0.5) is 5.69 Å². The van der Waals surface area contributed by atoms with Crippen LogP contribution < -0.4 is 20.1 Å². The Kier molecular flexibility index (Phi) is 5.53. The molecule has 0 aliphatic carbocycles. The van der Waals surface area contributed by atoms with Gasteiger partial charge in [0.1, 0.15) is 11.5 Å². The molecular formula is C16H26N2O2. The van der Waals surface area contributed by atoms with E-state index in [9.17, 15) is 0 Å². The van der Waals surface area contributed by atoms with E-state index in [2.05, 4.69) is 17.6 Å². The Morgan fingerprint density at radius 1 is 1.20 bits per heavy atom. The fraction of sp³-hybridized carbons (Fsp3) is 0.625. The highest BCUT2D eigenvalue weighted by Crippen LogP contribution is 2.26. The lowest BCUT2D eigenvalue weighted by Crippen LogP contribution is -2.37. The number of hydrogen-bond donors (Lipinski definition) is 2. The topological polar surface area (TPSA) is 42.5 Å². The molecule has 1 fully saturated rings. The van der Waals surface area contributed by atoms with Crippen LogP contribution >= 0.6 is 0 Å². The van der Waals surface area contributed by atoms with Gasteiger partial charge in [-0.15, -0.1) is 0 Å². The number of anilines is 1. The number of benzene rings is 1. The predicted octanol–water partition coefficient (Wildman–Crippen LogP) is 3.04. The summed E-state index contributed by atoms with van der Waals surface area (Å²) in [5, 5.41) is 7.13. The van der Waals surface area contributed by atoms with E-state index in [4.69, 9.17) is 9.47 Å². The van der Waals surface area contributed by atoms with E-state index >= 15 is 0 Å². The Hall–Kier alpha value is -1.42. The number of nitrogens with one attached hydrogen (secondary N) is 2. The van der Waals surface area contributed by atoms with Gasteiger partial charge in [0.2, 0.25) is 0 Å². The number of piperidine rings is 1. The Labute approximate surface area is 121 Å². The zero-order chi connectivity index (χ0) is 14.4. The number of methoxy groups -OCH3 is 2. The number of rotatable bonds is 6. The Morgan fingerprint density at radius 3 is 2.45 bits per heavy atom. The van der Waals surface area contributed by atoms with Crippen molar-refractivity contribution in [1.82, 2.24) is 5.32 Å². The summed E-state index contributed by atoms with van der Waals surface area (Å²) in [7, 11) is 3.35. The second-order valence-electron chi connectivity index (χ2n) is 5.53. The van der Waals surface area contributed by atoms with Gasteiger partial charge in [-0.25, -0.2) is 0 Å². The van der Waals surface area contributed by atoms with Crippen molar-refractivity contribution in [3.63, 3.8) is 0 Å².